The Hall–Kier alpha value is -2.27. The number of aromatic nitrogens is 1. The highest BCUT2D eigenvalue weighted by atomic mass is 16.5. The maximum atomic E-state index is 5.85. The summed E-state index contributed by atoms with van der Waals surface area (Å²) in [5.74, 6) is 2.28. The smallest absolute Gasteiger partial charge is 0.211 e. The average molecular weight is 260 g/mol. The van der Waals surface area contributed by atoms with Crippen molar-refractivity contribution in [2.24, 2.45) is 5.73 Å². The lowest BCUT2D eigenvalue weighted by molar-refractivity contribution is 0.344. The Bertz CT molecular complexity index is 536. The summed E-state index contributed by atoms with van der Waals surface area (Å²) in [6.07, 6.45) is 1.68. The van der Waals surface area contributed by atoms with Crippen LogP contribution in [0.5, 0.6) is 23.0 Å². The van der Waals surface area contributed by atoms with Crippen molar-refractivity contribution in [2.45, 2.75) is 6.54 Å². The lowest BCUT2D eigenvalue weighted by atomic mass is 10.2. The number of nitrogens with two attached hydrogens (primary N) is 1. The van der Waals surface area contributed by atoms with E-state index in [1.807, 2.05) is 6.07 Å². The van der Waals surface area contributed by atoms with E-state index in [1.54, 1.807) is 44.7 Å². The van der Waals surface area contributed by atoms with Crippen molar-refractivity contribution in [3.63, 3.8) is 0 Å². The first-order chi connectivity index (χ1) is 9.30. The topological polar surface area (TPSA) is 66.6 Å². The number of methoxy groups -OCH3 is 2. The molecule has 0 aliphatic carbocycles. The number of rotatable bonds is 5. The van der Waals surface area contributed by atoms with Gasteiger partial charge in [-0.2, -0.15) is 0 Å². The molecule has 0 saturated carbocycles. The number of ether oxygens (including phenoxy) is 3. The van der Waals surface area contributed by atoms with E-state index in [0.717, 1.165) is 0 Å². The molecule has 0 spiro atoms. The van der Waals surface area contributed by atoms with E-state index in [1.165, 1.54) is 0 Å². The molecule has 5 heteroatoms. The fourth-order valence-corrected chi connectivity index (χ4v) is 1.70. The summed E-state index contributed by atoms with van der Waals surface area (Å²) in [7, 11) is 3.16. The molecule has 1 aromatic carbocycles. The number of hydrogen-bond acceptors (Lipinski definition) is 5. The predicted octanol–water partition coefficient (Wildman–Crippen LogP) is 2.35. The Morgan fingerprint density at radius 2 is 1.63 bits per heavy atom. The van der Waals surface area contributed by atoms with Gasteiger partial charge in [0, 0.05) is 12.7 Å². The van der Waals surface area contributed by atoms with Gasteiger partial charge in [0.1, 0.15) is 0 Å². The minimum atomic E-state index is 0.299. The van der Waals surface area contributed by atoms with E-state index in [0.29, 0.717) is 35.2 Å². The van der Waals surface area contributed by atoms with Gasteiger partial charge in [-0.25, -0.2) is 0 Å². The molecule has 0 amide bonds. The van der Waals surface area contributed by atoms with Crippen molar-refractivity contribution >= 4 is 0 Å². The van der Waals surface area contributed by atoms with Crippen LogP contribution in [0.4, 0.5) is 0 Å². The lowest BCUT2D eigenvalue weighted by Gasteiger charge is -2.15. The third-order valence-corrected chi connectivity index (χ3v) is 2.64. The van der Waals surface area contributed by atoms with Crippen LogP contribution in [0.2, 0.25) is 0 Å². The average Bonchev–Trinajstić information content (AvgIpc) is 2.48. The highest BCUT2D eigenvalue weighted by Crippen LogP contribution is 2.40. The second-order valence-corrected chi connectivity index (χ2v) is 3.75. The first-order valence-corrected chi connectivity index (χ1v) is 5.83. The number of benzene rings is 1. The molecule has 19 heavy (non-hydrogen) atoms. The molecule has 1 heterocycles. The molecule has 2 aromatic rings. The van der Waals surface area contributed by atoms with E-state index in [9.17, 15) is 0 Å². The molecule has 0 saturated heterocycles. The standard InChI is InChI=1S/C14H16N2O3/c1-17-12-5-3-6-13(18-2)14(12)19-11-7-4-8-16-10(11)9-15/h3-8H,9,15H2,1-2H3. The first-order valence-electron chi connectivity index (χ1n) is 5.83. The van der Waals surface area contributed by atoms with Crippen molar-refractivity contribution in [3.05, 3.63) is 42.2 Å². The molecule has 1 aromatic heterocycles. The number of para-hydroxylation sites is 1. The highest BCUT2D eigenvalue weighted by Gasteiger charge is 2.14. The monoisotopic (exact) mass is 260 g/mol. The molecule has 0 bridgehead atoms. The Morgan fingerprint density at radius 1 is 1.00 bits per heavy atom. The Labute approximate surface area is 111 Å². The quantitative estimate of drug-likeness (QED) is 0.893. The zero-order valence-electron chi connectivity index (χ0n) is 10.9. The molecule has 100 valence electrons. The van der Waals surface area contributed by atoms with Crippen LogP contribution in [-0.2, 0) is 6.54 Å². The summed E-state index contributed by atoms with van der Waals surface area (Å²) in [5.41, 5.74) is 6.32. The highest BCUT2D eigenvalue weighted by molar-refractivity contribution is 5.53. The van der Waals surface area contributed by atoms with E-state index in [2.05, 4.69) is 4.98 Å². The van der Waals surface area contributed by atoms with Crippen LogP contribution in [-0.4, -0.2) is 19.2 Å². The van der Waals surface area contributed by atoms with Crippen molar-refractivity contribution < 1.29 is 14.2 Å². The minimum Gasteiger partial charge on any atom is -0.493 e. The predicted molar refractivity (Wildman–Crippen MR) is 71.7 cm³/mol. The van der Waals surface area contributed by atoms with Crippen molar-refractivity contribution in [2.75, 3.05) is 14.2 Å². The molecule has 0 fully saturated rings. The van der Waals surface area contributed by atoms with E-state index in [4.69, 9.17) is 19.9 Å². The summed E-state index contributed by atoms with van der Waals surface area (Å²) in [4.78, 5) is 4.17. The molecule has 0 radical (unpaired) electrons. The molecule has 0 atom stereocenters. The summed E-state index contributed by atoms with van der Waals surface area (Å²) in [6.45, 7) is 0.299. The SMILES string of the molecule is COc1cccc(OC)c1Oc1cccnc1CN. The Balaban J connectivity index is 2.42. The molecule has 0 aliphatic rings. The van der Waals surface area contributed by atoms with Crippen LogP contribution in [0.1, 0.15) is 5.69 Å². The zero-order valence-corrected chi connectivity index (χ0v) is 10.9. The van der Waals surface area contributed by atoms with Gasteiger partial charge in [0.15, 0.2) is 17.2 Å². The van der Waals surface area contributed by atoms with Gasteiger partial charge in [0.2, 0.25) is 5.75 Å². The van der Waals surface area contributed by atoms with Gasteiger partial charge >= 0.3 is 0 Å². The van der Waals surface area contributed by atoms with Crippen LogP contribution in [0.15, 0.2) is 36.5 Å². The van der Waals surface area contributed by atoms with Crippen LogP contribution >= 0.6 is 0 Å². The molecular formula is C14H16N2O3. The van der Waals surface area contributed by atoms with E-state index >= 15 is 0 Å². The maximum absolute atomic E-state index is 5.85. The van der Waals surface area contributed by atoms with Crippen molar-refractivity contribution in [3.8, 4) is 23.0 Å². The third-order valence-electron chi connectivity index (χ3n) is 2.64. The summed E-state index contributed by atoms with van der Waals surface area (Å²) in [6, 6.07) is 9.03. The summed E-state index contributed by atoms with van der Waals surface area (Å²) < 4.78 is 16.4. The van der Waals surface area contributed by atoms with Crippen molar-refractivity contribution in [1.82, 2.24) is 4.98 Å². The molecular weight excluding hydrogens is 244 g/mol. The second kappa shape index (κ2) is 6.06. The molecule has 2 rings (SSSR count). The zero-order chi connectivity index (χ0) is 13.7. The van der Waals surface area contributed by atoms with Crippen LogP contribution in [0, 0.1) is 0 Å². The molecule has 0 aliphatic heterocycles. The number of hydrogen-bond donors (Lipinski definition) is 1. The third kappa shape index (κ3) is 2.77. The number of nitrogens with zero attached hydrogens (tertiary/aromatic N) is 1. The Morgan fingerprint density at radius 3 is 2.21 bits per heavy atom. The molecule has 2 N–H and O–H groups in total. The fraction of sp³-hybridized carbons (Fsp3) is 0.214. The van der Waals surface area contributed by atoms with Crippen LogP contribution in [0.25, 0.3) is 0 Å². The lowest BCUT2D eigenvalue weighted by Crippen LogP contribution is -2.03. The molecule has 5 nitrogen and oxygen atoms in total. The van der Waals surface area contributed by atoms with Crippen molar-refractivity contribution in [1.29, 1.82) is 0 Å². The van der Waals surface area contributed by atoms with Crippen LogP contribution in [0.3, 0.4) is 0 Å². The first kappa shape index (κ1) is 13.2. The van der Waals surface area contributed by atoms with Gasteiger partial charge in [-0.3, -0.25) is 4.98 Å². The van der Waals surface area contributed by atoms with E-state index in [-0.39, 0.29) is 0 Å². The van der Waals surface area contributed by atoms with Crippen LogP contribution < -0.4 is 19.9 Å². The van der Waals surface area contributed by atoms with Gasteiger partial charge in [-0.05, 0) is 24.3 Å². The van der Waals surface area contributed by atoms with Gasteiger partial charge < -0.3 is 19.9 Å². The minimum absolute atomic E-state index is 0.299. The van der Waals surface area contributed by atoms with Gasteiger partial charge in [-0.1, -0.05) is 6.07 Å². The second-order valence-electron chi connectivity index (χ2n) is 3.75. The van der Waals surface area contributed by atoms with Gasteiger partial charge in [0.05, 0.1) is 19.9 Å². The normalized spacial score (nSPS) is 10.1. The fourth-order valence-electron chi connectivity index (χ4n) is 1.70. The van der Waals surface area contributed by atoms with Gasteiger partial charge in [-0.15, -0.1) is 0 Å². The summed E-state index contributed by atoms with van der Waals surface area (Å²) >= 11 is 0. The van der Waals surface area contributed by atoms with E-state index < -0.39 is 0 Å². The molecule has 0 unspecified atom stereocenters. The Kier molecular flexibility index (Phi) is 4.20. The maximum Gasteiger partial charge on any atom is 0.211 e. The van der Waals surface area contributed by atoms with Gasteiger partial charge in [0.25, 0.3) is 0 Å². The number of pyridine rings is 1. The summed E-state index contributed by atoms with van der Waals surface area (Å²) in [5, 5.41) is 0. The largest absolute Gasteiger partial charge is 0.493 e.